The summed E-state index contributed by atoms with van der Waals surface area (Å²) in [7, 11) is 2.23. The number of aryl methyl sites for hydroxylation is 2. The molecule has 0 spiro atoms. The largest absolute Gasteiger partial charge is 0.371 e. The molecular weight excluding hydrogens is 518 g/mol. The minimum Gasteiger partial charge on any atom is -0.371 e. The van der Waals surface area contributed by atoms with Crippen LogP contribution in [0, 0.1) is 25.7 Å². The van der Waals surface area contributed by atoms with E-state index in [1.165, 1.54) is 10.2 Å². The lowest BCUT2D eigenvalue weighted by molar-refractivity contribution is 0.177. The van der Waals surface area contributed by atoms with Gasteiger partial charge < -0.3 is 15.1 Å². The lowest BCUT2D eigenvalue weighted by atomic mass is 9.93. The van der Waals surface area contributed by atoms with E-state index in [1.54, 1.807) is 6.07 Å². The molecule has 5 rings (SSSR count). The van der Waals surface area contributed by atoms with Crippen molar-refractivity contribution in [2.45, 2.75) is 27.2 Å². The molecule has 2 unspecified atom stereocenters. The zero-order chi connectivity index (χ0) is 29.6. The van der Waals surface area contributed by atoms with E-state index < -0.39 is 0 Å². The summed E-state index contributed by atoms with van der Waals surface area (Å²) in [5.41, 5.74) is 6.37. The highest BCUT2D eigenvalue weighted by molar-refractivity contribution is 6.04. The Morgan fingerprint density at radius 1 is 1.07 bits per heavy atom. The average molecular weight is 562 g/mol. The van der Waals surface area contributed by atoms with Crippen LogP contribution in [0.3, 0.4) is 0 Å². The number of nitrogens with one attached hydrogen (secondary N) is 1. The molecule has 1 fully saturated rings. The van der Waals surface area contributed by atoms with Gasteiger partial charge in [-0.05, 0) is 69.0 Å². The molecule has 1 aliphatic heterocycles. The standard InChI is InChI=1S/C36H43N5O/c1-6-40-25-30(24-39(5)23-29-15-8-7-9-16-29)22-37-36(40)35(28(4)31-17-12-13-26(2)21-31)32-19-20-34(42)41(38-32)33-18-11-10-14-27(33)3/h7-15,17-21,29-30,37H,4,6,16,22-25H2,1-3,5H3/b36-35+. The Balaban J connectivity index is 1.50. The molecule has 218 valence electrons. The normalized spacial score (nSPS) is 19.6. The highest BCUT2D eigenvalue weighted by Gasteiger charge is 2.28. The first kappa shape index (κ1) is 29.3. The fourth-order valence-corrected chi connectivity index (χ4v) is 6.07. The molecule has 1 saturated heterocycles. The van der Waals surface area contributed by atoms with Crippen molar-refractivity contribution in [2.24, 2.45) is 11.8 Å². The van der Waals surface area contributed by atoms with Crippen LogP contribution in [0.25, 0.3) is 16.8 Å². The highest BCUT2D eigenvalue weighted by Crippen LogP contribution is 2.34. The first-order chi connectivity index (χ1) is 20.3. The molecule has 1 aromatic heterocycles. The van der Waals surface area contributed by atoms with E-state index in [-0.39, 0.29) is 5.56 Å². The number of allylic oxidation sites excluding steroid dienone is 5. The van der Waals surface area contributed by atoms with Gasteiger partial charge in [-0.2, -0.15) is 9.78 Å². The van der Waals surface area contributed by atoms with Gasteiger partial charge in [0.25, 0.3) is 5.56 Å². The minimum atomic E-state index is -0.158. The Kier molecular flexibility index (Phi) is 9.23. The number of rotatable bonds is 9. The Morgan fingerprint density at radius 3 is 2.64 bits per heavy atom. The Labute approximate surface area is 250 Å². The molecule has 42 heavy (non-hydrogen) atoms. The Hall–Kier alpha value is -4.16. The van der Waals surface area contributed by atoms with Crippen LogP contribution in [0.4, 0.5) is 0 Å². The van der Waals surface area contributed by atoms with Gasteiger partial charge in [-0.3, -0.25) is 4.79 Å². The zero-order valence-corrected chi connectivity index (χ0v) is 25.4. The maximum Gasteiger partial charge on any atom is 0.271 e. The summed E-state index contributed by atoms with van der Waals surface area (Å²) in [4.78, 5) is 17.9. The molecule has 2 atom stereocenters. The van der Waals surface area contributed by atoms with Gasteiger partial charge in [0.2, 0.25) is 0 Å². The summed E-state index contributed by atoms with van der Waals surface area (Å²) in [6.07, 6.45) is 9.99. The fraction of sp³-hybridized carbons (Fsp3) is 0.333. The van der Waals surface area contributed by atoms with E-state index >= 15 is 0 Å². The van der Waals surface area contributed by atoms with Crippen LogP contribution in [-0.4, -0.2) is 59.4 Å². The van der Waals surface area contributed by atoms with Crippen LogP contribution in [0.15, 0.2) is 102 Å². The predicted molar refractivity (Wildman–Crippen MR) is 174 cm³/mol. The van der Waals surface area contributed by atoms with Crippen molar-refractivity contribution in [1.29, 1.82) is 0 Å². The third-order valence-corrected chi connectivity index (χ3v) is 8.23. The summed E-state index contributed by atoms with van der Waals surface area (Å²) in [5, 5.41) is 8.74. The molecule has 0 radical (unpaired) electrons. The maximum atomic E-state index is 13.0. The van der Waals surface area contributed by atoms with Crippen LogP contribution in [-0.2, 0) is 0 Å². The van der Waals surface area contributed by atoms with Crippen LogP contribution in [0.5, 0.6) is 0 Å². The third-order valence-electron chi connectivity index (χ3n) is 8.23. The van der Waals surface area contributed by atoms with Crippen LogP contribution in [0.2, 0.25) is 0 Å². The summed E-state index contributed by atoms with van der Waals surface area (Å²) in [5.74, 6) is 2.07. The Bertz CT molecular complexity index is 1580. The molecule has 2 aliphatic rings. The van der Waals surface area contributed by atoms with E-state index in [1.807, 2.05) is 37.3 Å². The van der Waals surface area contributed by atoms with E-state index in [9.17, 15) is 4.79 Å². The third kappa shape index (κ3) is 6.66. The van der Waals surface area contributed by atoms with Crippen molar-refractivity contribution >= 4 is 11.1 Å². The molecule has 6 heteroatoms. The van der Waals surface area contributed by atoms with Gasteiger partial charge in [0.05, 0.1) is 11.4 Å². The van der Waals surface area contributed by atoms with Gasteiger partial charge in [-0.1, -0.05) is 78.9 Å². The molecule has 2 heterocycles. The first-order valence-electron chi connectivity index (χ1n) is 15.0. The van der Waals surface area contributed by atoms with Crippen molar-refractivity contribution in [3.05, 3.63) is 130 Å². The number of hydrogen-bond acceptors (Lipinski definition) is 5. The second-order valence-electron chi connectivity index (χ2n) is 11.6. The first-order valence-corrected chi connectivity index (χ1v) is 15.0. The van der Waals surface area contributed by atoms with Crippen molar-refractivity contribution in [3.63, 3.8) is 0 Å². The average Bonchev–Trinajstić information content (AvgIpc) is 2.99. The molecule has 1 N–H and O–H groups in total. The van der Waals surface area contributed by atoms with Crippen molar-refractivity contribution in [2.75, 3.05) is 39.8 Å². The van der Waals surface area contributed by atoms with Gasteiger partial charge in [0, 0.05) is 50.3 Å². The number of aromatic nitrogens is 2. The van der Waals surface area contributed by atoms with Gasteiger partial charge in [-0.25, -0.2) is 0 Å². The van der Waals surface area contributed by atoms with Gasteiger partial charge in [-0.15, -0.1) is 0 Å². The quantitative estimate of drug-likeness (QED) is 0.356. The lowest BCUT2D eigenvalue weighted by Gasteiger charge is -2.40. The van der Waals surface area contributed by atoms with E-state index in [0.717, 1.165) is 78.6 Å². The minimum absolute atomic E-state index is 0.158. The summed E-state index contributed by atoms with van der Waals surface area (Å²) in [6, 6.07) is 19.7. The molecule has 0 saturated carbocycles. The summed E-state index contributed by atoms with van der Waals surface area (Å²) in [6.45, 7) is 15.6. The molecule has 0 amide bonds. The van der Waals surface area contributed by atoms with Crippen molar-refractivity contribution in [1.82, 2.24) is 24.9 Å². The fourth-order valence-electron chi connectivity index (χ4n) is 6.07. The topological polar surface area (TPSA) is 53.4 Å². The number of hydrogen-bond donors (Lipinski definition) is 1. The lowest BCUT2D eigenvalue weighted by Crippen LogP contribution is -2.49. The molecule has 0 bridgehead atoms. The van der Waals surface area contributed by atoms with Gasteiger partial charge in [0.15, 0.2) is 0 Å². The van der Waals surface area contributed by atoms with Gasteiger partial charge in [0.1, 0.15) is 5.82 Å². The summed E-state index contributed by atoms with van der Waals surface area (Å²) < 4.78 is 1.51. The molecule has 6 nitrogen and oxygen atoms in total. The predicted octanol–water partition coefficient (Wildman–Crippen LogP) is 5.84. The zero-order valence-electron chi connectivity index (χ0n) is 25.4. The molecule has 1 aliphatic carbocycles. The maximum absolute atomic E-state index is 13.0. The van der Waals surface area contributed by atoms with Crippen molar-refractivity contribution in [3.8, 4) is 5.69 Å². The van der Waals surface area contributed by atoms with E-state index in [4.69, 9.17) is 5.10 Å². The number of benzene rings is 2. The van der Waals surface area contributed by atoms with Gasteiger partial charge >= 0.3 is 0 Å². The van der Waals surface area contributed by atoms with Crippen LogP contribution >= 0.6 is 0 Å². The Morgan fingerprint density at radius 2 is 1.90 bits per heavy atom. The smallest absolute Gasteiger partial charge is 0.271 e. The SMILES string of the molecule is C=C(/C(=C1/NCC(CN(C)CC2C=CC=CC2)CN1CC)c1ccc(=O)n(-c2ccccc2C)n1)c1cccc(C)c1. The van der Waals surface area contributed by atoms with Crippen LogP contribution < -0.4 is 10.9 Å². The number of nitrogens with zero attached hydrogens (tertiary/aromatic N) is 4. The van der Waals surface area contributed by atoms with E-state index in [0.29, 0.717) is 11.8 Å². The second kappa shape index (κ2) is 13.2. The van der Waals surface area contributed by atoms with Crippen LogP contribution in [0.1, 0.15) is 35.7 Å². The second-order valence-corrected chi connectivity index (χ2v) is 11.6. The number of para-hydroxylation sites is 1. The van der Waals surface area contributed by atoms with E-state index in [2.05, 4.69) is 91.2 Å². The summed E-state index contributed by atoms with van der Waals surface area (Å²) >= 11 is 0. The monoisotopic (exact) mass is 561 g/mol. The van der Waals surface area contributed by atoms with Crippen molar-refractivity contribution < 1.29 is 0 Å². The molecule has 3 aromatic rings. The molecular formula is C36H43N5O. The molecule has 2 aromatic carbocycles. The highest BCUT2D eigenvalue weighted by atomic mass is 16.1.